The van der Waals surface area contributed by atoms with Crippen LogP contribution in [-0.4, -0.2) is 7.11 Å². The summed E-state index contributed by atoms with van der Waals surface area (Å²) in [6, 6.07) is 18.6. The van der Waals surface area contributed by atoms with Crippen LogP contribution < -0.4 is 4.74 Å². The molecule has 0 spiro atoms. The number of rotatable bonds is 5. The third kappa shape index (κ3) is 2.85. The monoisotopic (exact) mass is 266 g/mol. The lowest BCUT2D eigenvalue weighted by atomic mass is 10.1. The predicted octanol–water partition coefficient (Wildman–Crippen LogP) is 4.62. The van der Waals surface area contributed by atoms with E-state index in [9.17, 15) is 0 Å². The molecular weight excluding hydrogens is 248 g/mol. The third-order valence-electron chi connectivity index (χ3n) is 3.52. The molecule has 0 saturated carbocycles. The van der Waals surface area contributed by atoms with Crippen molar-refractivity contribution in [3.63, 3.8) is 0 Å². The molecule has 102 valence electrons. The zero-order valence-electron chi connectivity index (χ0n) is 11.6. The van der Waals surface area contributed by atoms with Crippen molar-refractivity contribution in [2.45, 2.75) is 19.3 Å². The Labute approximate surface area is 119 Å². The van der Waals surface area contributed by atoms with Gasteiger partial charge in [0.05, 0.1) is 7.11 Å². The van der Waals surface area contributed by atoms with Gasteiger partial charge in [0.2, 0.25) is 0 Å². The van der Waals surface area contributed by atoms with Gasteiger partial charge in [0.1, 0.15) is 17.1 Å². The van der Waals surface area contributed by atoms with Crippen LogP contribution in [0.15, 0.2) is 59.0 Å². The van der Waals surface area contributed by atoms with Gasteiger partial charge in [-0.25, -0.2) is 0 Å². The Morgan fingerprint density at radius 1 is 0.950 bits per heavy atom. The Bertz CT molecular complexity index is 647. The van der Waals surface area contributed by atoms with E-state index in [0.29, 0.717) is 0 Å². The summed E-state index contributed by atoms with van der Waals surface area (Å²) in [6.45, 7) is 0. The topological polar surface area (TPSA) is 22.4 Å². The van der Waals surface area contributed by atoms with E-state index in [2.05, 4.69) is 24.3 Å². The lowest BCUT2D eigenvalue weighted by Crippen LogP contribution is -1.89. The second-order valence-corrected chi connectivity index (χ2v) is 4.95. The molecule has 0 aliphatic rings. The van der Waals surface area contributed by atoms with Crippen LogP contribution in [0.4, 0.5) is 0 Å². The highest BCUT2D eigenvalue weighted by atomic mass is 16.5. The summed E-state index contributed by atoms with van der Waals surface area (Å²) in [5.74, 6) is 1.98. The number of aryl methyl sites for hydroxylation is 2. The molecule has 0 saturated heterocycles. The molecule has 2 heteroatoms. The van der Waals surface area contributed by atoms with Crippen molar-refractivity contribution in [3.8, 4) is 5.75 Å². The van der Waals surface area contributed by atoms with E-state index in [0.717, 1.165) is 36.4 Å². The zero-order valence-corrected chi connectivity index (χ0v) is 11.6. The molecule has 3 rings (SSSR count). The molecule has 0 unspecified atom stereocenters. The quantitative estimate of drug-likeness (QED) is 0.672. The first-order valence-corrected chi connectivity index (χ1v) is 6.95. The van der Waals surface area contributed by atoms with E-state index in [4.69, 9.17) is 9.15 Å². The molecule has 2 nitrogen and oxygen atoms in total. The third-order valence-corrected chi connectivity index (χ3v) is 3.52. The molecule has 0 bridgehead atoms. The summed E-state index contributed by atoms with van der Waals surface area (Å²) in [7, 11) is 1.69. The summed E-state index contributed by atoms with van der Waals surface area (Å²) in [4.78, 5) is 0. The fourth-order valence-corrected chi connectivity index (χ4v) is 2.42. The Balaban J connectivity index is 1.58. The van der Waals surface area contributed by atoms with E-state index in [1.165, 1.54) is 10.9 Å². The largest absolute Gasteiger partial charge is 0.497 e. The van der Waals surface area contributed by atoms with Crippen molar-refractivity contribution in [2.24, 2.45) is 0 Å². The second kappa shape index (κ2) is 5.83. The lowest BCUT2D eigenvalue weighted by Gasteiger charge is -2.02. The molecule has 0 amide bonds. The Hall–Kier alpha value is -2.22. The van der Waals surface area contributed by atoms with E-state index in [-0.39, 0.29) is 0 Å². The standard InChI is InChI=1S/C18H18O2/c1-19-16-11-9-14(10-12-16)5-4-7-17-13-15-6-2-3-8-18(15)20-17/h2-3,6,8-13H,4-5,7H2,1H3. The van der Waals surface area contributed by atoms with E-state index < -0.39 is 0 Å². The van der Waals surface area contributed by atoms with Crippen molar-refractivity contribution >= 4 is 11.0 Å². The van der Waals surface area contributed by atoms with Gasteiger partial charge in [-0.2, -0.15) is 0 Å². The maximum Gasteiger partial charge on any atom is 0.134 e. The highest BCUT2D eigenvalue weighted by molar-refractivity contribution is 5.77. The fraction of sp³-hybridized carbons (Fsp3) is 0.222. The summed E-state index contributed by atoms with van der Waals surface area (Å²) in [5, 5.41) is 1.19. The van der Waals surface area contributed by atoms with Crippen LogP contribution >= 0.6 is 0 Å². The minimum atomic E-state index is 0.908. The number of hydrogen-bond donors (Lipinski definition) is 0. The van der Waals surface area contributed by atoms with Crippen molar-refractivity contribution in [3.05, 3.63) is 65.9 Å². The minimum Gasteiger partial charge on any atom is -0.497 e. The van der Waals surface area contributed by atoms with Crippen LogP contribution in [0.25, 0.3) is 11.0 Å². The first kappa shape index (κ1) is 12.8. The summed E-state index contributed by atoms with van der Waals surface area (Å²) in [6.07, 6.45) is 3.12. The van der Waals surface area contributed by atoms with E-state index in [1.807, 2.05) is 30.3 Å². The van der Waals surface area contributed by atoms with E-state index in [1.54, 1.807) is 7.11 Å². The molecule has 0 aliphatic carbocycles. The molecular formula is C18H18O2. The number of hydrogen-bond acceptors (Lipinski definition) is 2. The molecule has 0 N–H and O–H groups in total. The van der Waals surface area contributed by atoms with Crippen molar-refractivity contribution in [2.75, 3.05) is 7.11 Å². The van der Waals surface area contributed by atoms with Crippen LogP contribution in [0.2, 0.25) is 0 Å². The first-order chi connectivity index (χ1) is 9.85. The number of benzene rings is 2. The first-order valence-electron chi connectivity index (χ1n) is 6.95. The molecule has 20 heavy (non-hydrogen) atoms. The predicted molar refractivity (Wildman–Crippen MR) is 81.2 cm³/mol. The normalized spacial score (nSPS) is 10.8. The minimum absolute atomic E-state index is 0.908. The molecule has 1 heterocycles. The summed E-state index contributed by atoms with van der Waals surface area (Å²) < 4.78 is 11.0. The average molecular weight is 266 g/mol. The maximum atomic E-state index is 5.82. The fourth-order valence-electron chi connectivity index (χ4n) is 2.42. The number of ether oxygens (including phenoxy) is 1. The van der Waals surface area contributed by atoms with Crippen LogP contribution in [0.1, 0.15) is 17.7 Å². The van der Waals surface area contributed by atoms with Gasteiger partial charge in [-0.05, 0) is 42.7 Å². The molecule has 0 aliphatic heterocycles. The van der Waals surface area contributed by atoms with Gasteiger partial charge < -0.3 is 9.15 Å². The van der Waals surface area contributed by atoms with Crippen molar-refractivity contribution < 1.29 is 9.15 Å². The summed E-state index contributed by atoms with van der Waals surface area (Å²) in [5.41, 5.74) is 2.31. The maximum absolute atomic E-state index is 5.82. The lowest BCUT2D eigenvalue weighted by molar-refractivity contribution is 0.414. The highest BCUT2D eigenvalue weighted by Crippen LogP contribution is 2.20. The number of fused-ring (bicyclic) bond motifs is 1. The number of para-hydroxylation sites is 1. The Kier molecular flexibility index (Phi) is 3.73. The van der Waals surface area contributed by atoms with Crippen LogP contribution in [-0.2, 0) is 12.8 Å². The number of furan rings is 1. The molecule has 0 atom stereocenters. The van der Waals surface area contributed by atoms with Gasteiger partial charge in [-0.3, -0.25) is 0 Å². The SMILES string of the molecule is COc1ccc(CCCc2cc3ccccc3o2)cc1. The van der Waals surface area contributed by atoms with Gasteiger partial charge in [-0.15, -0.1) is 0 Å². The van der Waals surface area contributed by atoms with Crippen molar-refractivity contribution in [1.82, 2.24) is 0 Å². The molecule has 0 fully saturated rings. The van der Waals surface area contributed by atoms with Gasteiger partial charge in [0, 0.05) is 11.8 Å². The van der Waals surface area contributed by atoms with E-state index >= 15 is 0 Å². The van der Waals surface area contributed by atoms with Crippen molar-refractivity contribution in [1.29, 1.82) is 0 Å². The summed E-state index contributed by atoms with van der Waals surface area (Å²) >= 11 is 0. The second-order valence-electron chi connectivity index (χ2n) is 4.95. The van der Waals surface area contributed by atoms with Crippen LogP contribution in [0.5, 0.6) is 5.75 Å². The molecule has 2 aromatic carbocycles. The Morgan fingerprint density at radius 3 is 2.50 bits per heavy atom. The van der Waals surface area contributed by atoms with Gasteiger partial charge in [-0.1, -0.05) is 30.3 Å². The molecule has 0 radical (unpaired) electrons. The van der Waals surface area contributed by atoms with Crippen LogP contribution in [0, 0.1) is 0 Å². The zero-order chi connectivity index (χ0) is 13.8. The Morgan fingerprint density at radius 2 is 1.75 bits per heavy atom. The smallest absolute Gasteiger partial charge is 0.134 e. The van der Waals surface area contributed by atoms with Gasteiger partial charge in [0.25, 0.3) is 0 Å². The highest BCUT2D eigenvalue weighted by Gasteiger charge is 2.03. The average Bonchev–Trinajstić information content (AvgIpc) is 2.90. The van der Waals surface area contributed by atoms with Gasteiger partial charge >= 0.3 is 0 Å². The molecule has 1 aromatic heterocycles. The molecule has 3 aromatic rings. The van der Waals surface area contributed by atoms with Gasteiger partial charge in [0.15, 0.2) is 0 Å². The number of methoxy groups -OCH3 is 1. The van der Waals surface area contributed by atoms with Crippen LogP contribution in [0.3, 0.4) is 0 Å².